The monoisotopic (exact) mass is 313 g/mol. The summed E-state index contributed by atoms with van der Waals surface area (Å²) < 4.78 is 5.45. The Balaban J connectivity index is 2.13. The van der Waals surface area contributed by atoms with Crippen molar-refractivity contribution in [1.29, 1.82) is 0 Å². The average molecular weight is 313 g/mol. The third-order valence-electron chi connectivity index (χ3n) is 3.73. The molecule has 0 bridgehead atoms. The molecule has 0 aliphatic carbocycles. The molecule has 23 heavy (non-hydrogen) atoms. The lowest BCUT2D eigenvalue weighted by atomic mass is 9.98. The van der Waals surface area contributed by atoms with Gasteiger partial charge in [0.15, 0.2) is 0 Å². The van der Waals surface area contributed by atoms with E-state index in [2.05, 4.69) is 5.32 Å². The van der Waals surface area contributed by atoms with Crippen molar-refractivity contribution in [1.82, 2.24) is 0 Å². The molecule has 1 atom stereocenters. The van der Waals surface area contributed by atoms with Crippen molar-refractivity contribution in [2.24, 2.45) is 0 Å². The largest absolute Gasteiger partial charge is 0.494 e. The van der Waals surface area contributed by atoms with Gasteiger partial charge in [-0.1, -0.05) is 29.8 Å². The van der Waals surface area contributed by atoms with E-state index in [1.807, 2.05) is 45.0 Å². The van der Waals surface area contributed by atoms with Gasteiger partial charge in [-0.2, -0.15) is 0 Å². The van der Waals surface area contributed by atoms with E-state index in [4.69, 9.17) is 4.74 Å². The van der Waals surface area contributed by atoms with E-state index in [0.717, 1.165) is 11.1 Å². The Labute approximate surface area is 137 Å². The maximum atomic E-state index is 12.4. The van der Waals surface area contributed by atoms with Crippen molar-refractivity contribution in [2.45, 2.75) is 33.3 Å². The predicted molar refractivity (Wildman–Crippen MR) is 91.8 cm³/mol. The number of anilines is 1. The maximum Gasteiger partial charge on any atom is 0.231 e. The molecule has 122 valence electrons. The number of aliphatic hydroxyl groups is 1. The fourth-order valence-corrected chi connectivity index (χ4v) is 2.42. The minimum Gasteiger partial charge on any atom is -0.494 e. The molecule has 0 saturated heterocycles. The van der Waals surface area contributed by atoms with Gasteiger partial charge in [-0.15, -0.1) is 0 Å². The highest BCUT2D eigenvalue weighted by Crippen LogP contribution is 2.24. The smallest absolute Gasteiger partial charge is 0.231 e. The van der Waals surface area contributed by atoms with Crippen LogP contribution in [0.1, 0.15) is 36.5 Å². The molecule has 2 N–H and O–H groups in total. The molecular formula is C19H23NO3. The molecule has 2 rings (SSSR count). The lowest BCUT2D eigenvalue weighted by Crippen LogP contribution is -2.19. The number of carbonyl (C=O) groups is 1. The number of benzene rings is 2. The van der Waals surface area contributed by atoms with Crippen molar-refractivity contribution in [3.63, 3.8) is 0 Å². The summed E-state index contributed by atoms with van der Waals surface area (Å²) in [5.41, 5.74) is 3.43. The van der Waals surface area contributed by atoms with Gasteiger partial charge in [0.25, 0.3) is 0 Å². The number of hydrogen-bond donors (Lipinski definition) is 2. The van der Waals surface area contributed by atoms with E-state index in [9.17, 15) is 9.90 Å². The van der Waals surface area contributed by atoms with Gasteiger partial charge in [0.1, 0.15) is 5.75 Å². The molecule has 2 aromatic rings. The fraction of sp³-hybridized carbons (Fsp3) is 0.316. The molecular weight excluding hydrogens is 290 g/mol. The Hall–Kier alpha value is -2.33. The van der Waals surface area contributed by atoms with Crippen molar-refractivity contribution in [3.05, 3.63) is 59.2 Å². The van der Waals surface area contributed by atoms with Crippen molar-refractivity contribution >= 4 is 11.6 Å². The molecule has 0 saturated carbocycles. The molecule has 0 aliphatic heterocycles. The van der Waals surface area contributed by atoms with Crippen molar-refractivity contribution in [3.8, 4) is 5.75 Å². The second-order valence-electron chi connectivity index (χ2n) is 5.54. The molecule has 1 amide bonds. The van der Waals surface area contributed by atoms with Crippen LogP contribution < -0.4 is 10.1 Å². The van der Waals surface area contributed by atoms with E-state index in [1.54, 1.807) is 18.2 Å². The molecule has 0 aromatic heterocycles. The van der Waals surface area contributed by atoms with Crippen LogP contribution in [0.15, 0.2) is 42.5 Å². The molecule has 0 aliphatic rings. The van der Waals surface area contributed by atoms with E-state index in [0.29, 0.717) is 23.6 Å². The van der Waals surface area contributed by atoms with Crippen molar-refractivity contribution in [2.75, 3.05) is 11.9 Å². The number of rotatable bonds is 6. The minimum absolute atomic E-state index is 0.0800. The van der Waals surface area contributed by atoms with Crippen LogP contribution >= 0.6 is 0 Å². The number of aliphatic hydroxyl groups excluding tert-OH is 1. The van der Waals surface area contributed by atoms with Crippen LogP contribution in [0.4, 0.5) is 5.69 Å². The van der Waals surface area contributed by atoms with E-state index >= 15 is 0 Å². The number of hydrogen-bond acceptors (Lipinski definition) is 3. The molecule has 0 heterocycles. The summed E-state index contributed by atoms with van der Waals surface area (Å²) in [5.74, 6) is 0.308. The lowest BCUT2D eigenvalue weighted by molar-refractivity contribution is -0.117. The first kappa shape index (κ1) is 17.0. The van der Waals surface area contributed by atoms with Crippen LogP contribution in [-0.2, 0) is 11.4 Å². The predicted octanol–water partition coefficient (Wildman–Crippen LogP) is 3.63. The van der Waals surface area contributed by atoms with Gasteiger partial charge >= 0.3 is 0 Å². The molecule has 0 fully saturated rings. The highest BCUT2D eigenvalue weighted by Gasteiger charge is 2.16. The summed E-state index contributed by atoms with van der Waals surface area (Å²) >= 11 is 0. The quantitative estimate of drug-likeness (QED) is 0.856. The zero-order valence-electron chi connectivity index (χ0n) is 13.8. The Kier molecular flexibility index (Phi) is 5.77. The number of amides is 1. The summed E-state index contributed by atoms with van der Waals surface area (Å²) in [5, 5.41) is 12.3. The first-order valence-corrected chi connectivity index (χ1v) is 7.79. The standard InChI is InChI=1S/C19H23NO3/c1-4-23-18-9-8-17(11-16(18)12-21)20-19(22)14(3)15-7-5-6-13(2)10-15/h5-11,14,21H,4,12H2,1-3H3,(H,20,22). The van der Waals surface area contributed by atoms with E-state index < -0.39 is 0 Å². The average Bonchev–Trinajstić information content (AvgIpc) is 2.55. The SMILES string of the molecule is CCOc1ccc(NC(=O)C(C)c2cccc(C)c2)cc1CO. The molecule has 0 spiro atoms. The summed E-state index contributed by atoms with van der Waals surface area (Å²) in [7, 11) is 0. The first-order valence-electron chi connectivity index (χ1n) is 7.79. The van der Waals surface area contributed by atoms with Crippen LogP contribution in [0.3, 0.4) is 0 Å². The topological polar surface area (TPSA) is 58.6 Å². The second kappa shape index (κ2) is 7.79. The van der Waals surface area contributed by atoms with Crippen LogP contribution in [-0.4, -0.2) is 17.6 Å². The van der Waals surface area contributed by atoms with Gasteiger partial charge in [0, 0.05) is 11.3 Å². The van der Waals surface area contributed by atoms with Gasteiger partial charge < -0.3 is 15.2 Å². The van der Waals surface area contributed by atoms with Gasteiger partial charge in [0.05, 0.1) is 19.1 Å². The Morgan fingerprint density at radius 3 is 2.70 bits per heavy atom. The third kappa shape index (κ3) is 4.33. The van der Waals surface area contributed by atoms with E-state index in [-0.39, 0.29) is 18.4 Å². The number of nitrogens with one attached hydrogen (secondary N) is 1. The summed E-state index contributed by atoms with van der Waals surface area (Å²) in [6, 6.07) is 13.2. The maximum absolute atomic E-state index is 12.4. The van der Waals surface area contributed by atoms with E-state index in [1.165, 1.54) is 0 Å². The van der Waals surface area contributed by atoms with Crippen LogP contribution in [0.2, 0.25) is 0 Å². The fourth-order valence-electron chi connectivity index (χ4n) is 2.42. The normalized spacial score (nSPS) is 11.8. The minimum atomic E-state index is -0.251. The van der Waals surface area contributed by atoms with Crippen LogP contribution in [0.25, 0.3) is 0 Å². The highest BCUT2D eigenvalue weighted by molar-refractivity contribution is 5.95. The Bertz CT molecular complexity index is 682. The van der Waals surface area contributed by atoms with Gasteiger partial charge in [0.2, 0.25) is 5.91 Å². The summed E-state index contributed by atoms with van der Waals surface area (Å²) in [6.45, 7) is 6.18. The second-order valence-corrected chi connectivity index (χ2v) is 5.54. The zero-order chi connectivity index (χ0) is 16.8. The zero-order valence-corrected chi connectivity index (χ0v) is 13.8. The van der Waals surface area contributed by atoms with Crippen LogP contribution in [0.5, 0.6) is 5.75 Å². The van der Waals surface area contributed by atoms with Crippen LogP contribution in [0, 0.1) is 6.92 Å². The van der Waals surface area contributed by atoms with Gasteiger partial charge in [-0.05, 0) is 44.5 Å². The highest BCUT2D eigenvalue weighted by atomic mass is 16.5. The van der Waals surface area contributed by atoms with Crippen molar-refractivity contribution < 1.29 is 14.6 Å². The molecule has 4 nitrogen and oxygen atoms in total. The Morgan fingerprint density at radius 2 is 2.04 bits per heavy atom. The number of ether oxygens (including phenoxy) is 1. The molecule has 1 unspecified atom stereocenters. The number of aryl methyl sites for hydroxylation is 1. The summed E-state index contributed by atoms with van der Waals surface area (Å²) in [6.07, 6.45) is 0. The molecule has 4 heteroatoms. The summed E-state index contributed by atoms with van der Waals surface area (Å²) in [4.78, 5) is 12.4. The third-order valence-corrected chi connectivity index (χ3v) is 3.73. The Morgan fingerprint density at radius 1 is 1.26 bits per heavy atom. The molecule has 0 radical (unpaired) electrons. The van der Waals surface area contributed by atoms with Gasteiger partial charge in [-0.3, -0.25) is 4.79 Å². The molecule has 2 aromatic carbocycles. The van der Waals surface area contributed by atoms with Gasteiger partial charge in [-0.25, -0.2) is 0 Å². The first-order chi connectivity index (χ1) is 11.0. The lowest BCUT2D eigenvalue weighted by Gasteiger charge is -2.15. The number of carbonyl (C=O) groups excluding carboxylic acids is 1.